The van der Waals surface area contributed by atoms with Crippen LogP contribution in [0.2, 0.25) is 0 Å². The van der Waals surface area contributed by atoms with Gasteiger partial charge in [-0.3, -0.25) is 0 Å². The van der Waals surface area contributed by atoms with Crippen LogP contribution in [0.15, 0.2) is 28.1 Å². The average molecular weight is 366 g/mol. The van der Waals surface area contributed by atoms with Crippen molar-refractivity contribution in [1.29, 1.82) is 0 Å². The molecule has 1 heterocycles. The zero-order chi connectivity index (χ0) is 16.5. The third kappa shape index (κ3) is 3.48. The summed E-state index contributed by atoms with van der Waals surface area (Å²) < 4.78 is 13.3. The first-order valence-electron chi connectivity index (χ1n) is 7.75. The summed E-state index contributed by atoms with van der Waals surface area (Å²) in [5, 5.41) is 0. The lowest BCUT2D eigenvalue weighted by Gasteiger charge is -2.32. The molecule has 0 amide bonds. The Hall–Kier alpha value is -0.615. The first kappa shape index (κ1) is 17.7. The van der Waals surface area contributed by atoms with Gasteiger partial charge in [-0.25, -0.2) is 0 Å². The van der Waals surface area contributed by atoms with Crippen LogP contribution in [0.5, 0.6) is 0 Å². The van der Waals surface area contributed by atoms with Crippen LogP contribution in [0, 0.1) is 0 Å². The van der Waals surface area contributed by atoms with Crippen molar-refractivity contribution >= 4 is 29.1 Å². The molecule has 1 aliphatic rings. The number of halogens is 1. The minimum atomic E-state index is -0.386. The molecule has 1 fully saturated rings. The molecule has 120 valence electrons. The van der Waals surface area contributed by atoms with E-state index in [9.17, 15) is 0 Å². The van der Waals surface area contributed by atoms with E-state index in [1.807, 2.05) is 6.07 Å². The van der Waals surface area contributed by atoms with E-state index in [4.69, 9.17) is 15.0 Å². The Bertz CT molecular complexity index is 568. The molecule has 3 nitrogen and oxygen atoms in total. The molecular weight excluding hydrogens is 341 g/mol. The van der Waals surface area contributed by atoms with Crippen LogP contribution in [0.4, 0.5) is 0 Å². The molecule has 0 unspecified atom stereocenters. The Labute approximate surface area is 142 Å². The number of hydrogen-bond donors (Lipinski definition) is 1. The van der Waals surface area contributed by atoms with Crippen LogP contribution >= 0.6 is 15.9 Å². The van der Waals surface area contributed by atoms with Crippen molar-refractivity contribution in [2.45, 2.75) is 52.2 Å². The molecule has 0 aromatic heterocycles. The zero-order valence-electron chi connectivity index (χ0n) is 14.1. The molecule has 1 aromatic carbocycles. The van der Waals surface area contributed by atoms with Gasteiger partial charge in [-0.15, -0.1) is 0 Å². The molecule has 22 heavy (non-hydrogen) atoms. The maximum Gasteiger partial charge on any atom is 0.491 e. The van der Waals surface area contributed by atoms with Crippen molar-refractivity contribution in [2.24, 2.45) is 5.73 Å². The van der Waals surface area contributed by atoms with Gasteiger partial charge in [-0.2, -0.15) is 0 Å². The predicted molar refractivity (Wildman–Crippen MR) is 96.6 cm³/mol. The molecule has 0 aliphatic carbocycles. The number of rotatable bonds is 4. The standard InChI is InChI=1S/C17H25BBrNO2/c1-6-12-10-15(19)8-7-13(12)9-14(11-20)18-21-16(2,3)17(4,5)22-18/h7-10H,6,11,20H2,1-5H3. The van der Waals surface area contributed by atoms with E-state index in [1.165, 1.54) is 11.1 Å². The third-order valence-electron chi connectivity index (χ3n) is 4.62. The summed E-state index contributed by atoms with van der Waals surface area (Å²) in [7, 11) is -0.386. The molecular formula is C17H25BBrNO2. The number of aryl methyl sites for hydroxylation is 1. The fourth-order valence-corrected chi connectivity index (χ4v) is 2.85. The lowest BCUT2D eigenvalue weighted by Crippen LogP contribution is -2.41. The first-order valence-corrected chi connectivity index (χ1v) is 8.54. The van der Waals surface area contributed by atoms with Gasteiger partial charge in [-0.05, 0) is 62.8 Å². The smallest absolute Gasteiger partial charge is 0.400 e. The van der Waals surface area contributed by atoms with Crippen LogP contribution in [0.1, 0.15) is 45.7 Å². The van der Waals surface area contributed by atoms with Gasteiger partial charge in [0.1, 0.15) is 0 Å². The van der Waals surface area contributed by atoms with Gasteiger partial charge in [0, 0.05) is 11.0 Å². The number of hydrogen-bond acceptors (Lipinski definition) is 3. The van der Waals surface area contributed by atoms with Gasteiger partial charge >= 0.3 is 7.12 Å². The Morgan fingerprint density at radius 3 is 2.32 bits per heavy atom. The highest BCUT2D eigenvalue weighted by Crippen LogP contribution is 2.38. The molecule has 0 spiro atoms. The normalized spacial score (nSPS) is 20.5. The van der Waals surface area contributed by atoms with Crippen LogP contribution in [0.25, 0.3) is 6.08 Å². The lowest BCUT2D eigenvalue weighted by molar-refractivity contribution is 0.00578. The van der Waals surface area contributed by atoms with Crippen molar-refractivity contribution < 1.29 is 9.31 Å². The highest BCUT2D eigenvalue weighted by molar-refractivity contribution is 9.10. The Morgan fingerprint density at radius 1 is 1.23 bits per heavy atom. The van der Waals surface area contributed by atoms with E-state index in [2.05, 4.69) is 68.8 Å². The summed E-state index contributed by atoms with van der Waals surface area (Å²) in [5.41, 5.74) is 8.68. The molecule has 2 N–H and O–H groups in total. The average Bonchev–Trinajstić information content (AvgIpc) is 2.65. The van der Waals surface area contributed by atoms with Gasteiger partial charge in [0.15, 0.2) is 0 Å². The molecule has 0 atom stereocenters. The van der Waals surface area contributed by atoms with Gasteiger partial charge < -0.3 is 15.0 Å². The van der Waals surface area contributed by atoms with E-state index < -0.39 is 0 Å². The Kier molecular flexibility index (Phi) is 5.22. The van der Waals surface area contributed by atoms with Crippen molar-refractivity contribution in [3.05, 3.63) is 39.3 Å². The topological polar surface area (TPSA) is 44.5 Å². The van der Waals surface area contributed by atoms with Crippen molar-refractivity contribution in [3.63, 3.8) is 0 Å². The predicted octanol–water partition coefficient (Wildman–Crippen LogP) is 3.99. The molecule has 1 saturated heterocycles. The van der Waals surface area contributed by atoms with Gasteiger partial charge in [0.25, 0.3) is 0 Å². The van der Waals surface area contributed by atoms with Crippen molar-refractivity contribution in [2.75, 3.05) is 6.54 Å². The fraction of sp³-hybridized carbons (Fsp3) is 0.529. The first-order chi connectivity index (χ1) is 10.2. The lowest BCUT2D eigenvalue weighted by atomic mass is 9.76. The van der Waals surface area contributed by atoms with Gasteiger partial charge in [0.2, 0.25) is 0 Å². The minimum absolute atomic E-state index is 0.348. The van der Waals surface area contributed by atoms with Gasteiger partial charge in [-0.1, -0.05) is 35.0 Å². The molecule has 0 bridgehead atoms. The second-order valence-electron chi connectivity index (χ2n) is 6.71. The number of nitrogens with two attached hydrogens (primary N) is 1. The summed E-state index contributed by atoms with van der Waals surface area (Å²) >= 11 is 3.52. The van der Waals surface area contributed by atoms with Crippen LogP contribution in [-0.4, -0.2) is 24.9 Å². The van der Waals surface area contributed by atoms with E-state index in [0.717, 1.165) is 16.4 Å². The summed E-state index contributed by atoms with van der Waals surface area (Å²) in [6.45, 7) is 10.8. The monoisotopic (exact) mass is 365 g/mol. The molecule has 1 aliphatic heterocycles. The molecule has 0 saturated carbocycles. The van der Waals surface area contributed by atoms with E-state index >= 15 is 0 Å². The summed E-state index contributed by atoms with van der Waals surface area (Å²) in [5.74, 6) is 0. The van der Waals surface area contributed by atoms with Crippen LogP contribution in [0.3, 0.4) is 0 Å². The SMILES string of the molecule is CCc1cc(Br)ccc1C=C(CN)B1OC(C)(C)C(C)(C)O1. The Morgan fingerprint density at radius 2 is 1.82 bits per heavy atom. The fourth-order valence-electron chi connectivity index (χ4n) is 2.44. The van der Waals surface area contributed by atoms with E-state index in [1.54, 1.807) is 0 Å². The summed E-state index contributed by atoms with van der Waals surface area (Å²) in [6.07, 6.45) is 3.07. The minimum Gasteiger partial charge on any atom is -0.400 e. The van der Waals surface area contributed by atoms with Crippen LogP contribution in [-0.2, 0) is 15.7 Å². The summed E-state index contributed by atoms with van der Waals surface area (Å²) in [4.78, 5) is 0. The Balaban J connectivity index is 2.34. The maximum absolute atomic E-state index is 6.11. The highest BCUT2D eigenvalue weighted by Gasteiger charge is 2.52. The molecule has 1 aromatic rings. The van der Waals surface area contributed by atoms with E-state index in [0.29, 0.717) is 6.54 Å². The quantitative estimate of drug-likeness (QED) is 0.820. The second kappa shape index (κ2) is 6.48. The van der Waals surface area contributed by atoms with Gasteiger partial charge in [0.05, 0.1) is 11.2 Å². The van der Waals surface area contributed by atoms with Crippen molar-refractivity contribution in [1.82, 2.24) is 0 Å². The van der Waals surface area contributed by atoms with Crippen molar-refractivity contribution in [3.8, 4) is 0 Å². The summed E-state index contributed by atoms with van der Waals surface area (Å²) in [6, 6.07) is 6.29. The number of benzene rings is 1. The second-order valence-corrected chi connectivity index (χ2v) is 7.62. The largest absolute Gasteiger partial charge is 0.491 e. The third-order valence-corrected chi connectivity index (χ3v) is 5.11. The molecule has 0 radical (unpaired) electrons. The highest BCUT2D eigenvalue weighted by atomic mass is 79.9. The maximum atomic E-state index is 6.11. The zero-order valence-corrected chi connectivity index (χ0v) is 15.7. The molecule has 2 rings (SSSR count). The van der Waals surface area contributed by atoms with E-state index in [-0.39, 0.29) is 18.3 Å². The molecule has 5 heteroatoms. The van der Waals surface area contributed by atoms with Crippen LogP contribution < -0.4 is 5.73 Å².